The van der Waals surface area contributed by atoms with Crippen molar-refractivity contribution in [2.24, 2.45) is 0 Å². The molecule has 0 saturated heterocycles. The van der Waals surface area contributed by atoms with Gasteiger partial charge in [0.2, 0.25) is 5.91 Å². The third-order valence-electron chi connectivity index (χ3n) is 6.32. The summed E-state index contributed by atoms with van der Waals surface area (Å²) in [7, 11) is 0. The van der Waals surface area contributed by atoms with Crippen molar-refractivity contribution >= 4 is 22.4 Å². The fraction of sp³-hybridized carbons (Fsp3) is 0.370. The van der Waals surface area contributed by atoms with Crippen molar-refractivity contribution in [3.05, 3.63) is 77.9 Å². The van der Waals surface area contributed by atoms with Gasteiger partial charge in [0.25, 0.3) is 0 Å². The standard InChI is InChI=1S/C27H32N2O/c1-3-20(2)24-12-6-7-14-26(24)28-27(30)17-18-29(23-15-16-23)19-22-11-8-10-21-9-4-5-13-25(21)22/h4-14,20,23H,3,15-19H2,1-2H3,(H,28,30). The van der Waals surface area contributed by atoms with Gasteiger partial charge in [0.15, 0.2) is 0 Å². The Morgan fingerprint density at radius 1 is 1.03 bits per heavy atom. The van der Waals surface area contributed by atoms with E-state index < -0.39 is 0 Å². The number of rotatable bonds is 9. The second kappa shape index (κ2) is 9.44. The van der Waals surface area contributed by atoms with Crippen LogP contribution in [0.5, 0.6) is 0 Å². The number of benzene rings is 3. The molecule has 30 heavy (non-hydrogen) atoms. The molecule has 0 heterocycles. The first kappa shape index (κ1) is 20.6. The summed E-state index contributed by atoms with van der Waals surface area (Å²) in [5.41, 5.74) is 3.54. The molecule has 0 radical (unpaired) electrons. The van der Waals surface area contributed by atoms with E-state index in [1.165, 1.54) is 34.7 Å². The summed E-state index contributed by atoms with van der Waals surface area (Å²) in [5, 5.41) is 5.77. The molecule has 1 atom stereocenters. The monoisotopic (exact) mass is 400 g/mol. The van der Waals surface area contributed by atoms with Crippen molar-refractivity contribution in [1.29, 1.82) is 0 Å². The number of hydrogen-bond acceptors (Lipinski definition) is 2. The van der Waals surface area contributed by atoms with Gasteiger partial charge in [-0.25, -0.2) is 0 Å². The lowest BCUT2D eigenvalue weighted by Gasteiger charge is -2.23. The molecule has 0 aromatic heterocycles. The first-order chi connectivity index (χ1) is 14.7. The largest absolute Gasteiger partial charge is 0.326 e. The zero-order valence-corrected chi connectivity index (χ0v) is 18.1. The van der Waals surface area contributed by atoms with Gasteiger partial charge >= 0.3 is 0 Å². The van der Waals surface area contributed by atoms with Gasteiger partial charge in [-0.05, 0) is 53.1 Å². The number of para-hydroxylation sites is 1. The molecule has 0 spiro atoms. The lowest BCUT2D eigenvalue weighted by Crippen LogP contribution is -2.29. The van der Waals surface area contributed by atoms with Gasteiger partial charge in [-0.15, -0.1) is 0 Å². The molecule has 1 aliphatic carbocycles. The van der Waals surface area contributed by atoms with E-state index in [-0.39, 0.29) is 5.91 Å². The molecule has 1 N–H and O–H groups in total. The van der Waals surface area contributed by atoms with Crippen LogP contribution >= 0.6 is 0 Å². The van der Waals surface area contributed by atoms with Crippen LogP contribution in [0.25, 0.3) is 10.8 Å². The van der Waals surface area contributed by atoms with Gasteiger partial charge in [0, 0.05) is 31.2 Å². The predicted octanol–water partition coefficient (Wildman–Crippen LogP) is 6.35. The Morgan fingerprint density at radius 2 is 1.77 bits per heavy atom. The second-order valence-corrected chi connectivity index (χ2v) is 8.53. The maximum absolute atomic E-state index is 12.8. The Morgan fingerprint density at radius 3 is 2.57 bits per heavy atom. The fourth-order valence-corrected chi connectivity index (χ4v) is 4.20. The Kier molecular flexibility index (Phi) is 6.49. The number of hydrogen-bond donors (Lipinski definition) is 1. The molecule has 3 aromatic rings. The SMILES string of the molecule is CCC(C)c1ccccc1NC(=O)CCN(Cc1cccc2ccccc12)C1CC1. The number of anilines is 1. The summed E-state index contributed by atoms with van der Waals surface area (Å²) in [5.74, 6) is 0.546. The molecule has 3 nitrogen and oxygen atoms in total. The molecule has 0 aliphatic heterocycles. The van der Waals surface area contributed by atoms with Crippen LogP contribution in [0.3, 0.4) is 0 Å². The molecule has 1 unspecified atom stereocenters. The third kappa shape index (κ3) is 4.91. The highest BCUT2D eigenvalue weighted by molar-refractivity contribution is 5.91. The fourth-order valence-electron chi connectivity index (χ4n) is 4.20. The molecule has 4 rings (SSSR count). The molecular weight excluding hydrogens is 368 g/mol. The lowest BCUT2D eigenvalue weighted by atomic mass is 9.97. The van der Waals surface area contributed by atoms with Gasteiger partial charge in [-0.3, -0.25) is 9.69 Å². The van der Waals surface area contributed by atoms with E-state index in [9.17, 15) is 4.79 Å². The van der Waals surface area contributed by atoms with Crippen molar-refractivity contribution in [3.8, 4) is 0 Å². The highest BCUT2D eigenvalue weighted by Crippen LogP contribution is 2.30. The first-order valence-electron chi connectivity index (χ1n) is 11.2. The van der Waals surface area contributed by atoms with Crippen LogP contribution in [0.2, 0.25) is 0 Å². The van der Waals surface area contributed by atoms with E-state index in [0.717, 1.165) is 25.2 Å². The van der Waals surface area contributed by atoms with Crippen LogP contribution in [-0.4, -0.2) is 23.4 Å². The molecule has 1 amide bonds. The van der Waals surface area contributed by atoms with Crippen LogP contribution in [0, 0.1) is 0 Å². The molecule has 3 aromatic carbocycles. The van der Waals surface area contributed by atoms with Crippen LogP contribution in [0.1, 0.15) is 56.6 Å². The molecule has 0 bridgehead atoms. The van der Waals surface area contributed by atoms with E-state index in [1.54, 1.807) is 0 Å². The van der Waals surface area contributed by atoms with E-state index in [4.69, 9.17) is 0 Å². The maximum Gasteiger partial charge on any atom is 0.225 e. The summed E-state index contributed by atoms with van der Waals surface area (Å²) < 4.78 is 0. The van der Waals surface area contributed by atoms with E-state index in [1.807, 2.05) is 12.1 Å². The zero-order valence-electron chi connectivity index (χ0n) is 18.1. The van der Waals surface area contributed by atoms with Gasteiger partial charge in [0.1, 0.15) is 0 Å². The maximum atomic E-state index is 12.8. The first-order valence-corrected chi connectivity index (χ1v) is 11.2. The summed E-state index contributed by atoms with van der Waals surface area (Å²) in [6, 6.07) is 23.9. The lowest BCUT2D eigenvalue weighted by molar-refractivity contribution is -0.116. The highest BCUT2D eigenvalue weighted by Gasteiger charge is 2.29. The van der Waals surface area contributed by atoms with Crippen LogP contribution < -0.4 is 5.32 Å². The number of nitrogens with zero attached hydrogens (tertiary/aromatic N) is 1. The molecule has 1 saturated carbocycles. The Bertz CT molecular complexity index is 1000. The van der Waals surface area contributed by atoms with Crippen molar-refractivity contribution in [2.45, 2.75) is 58.0 Å². The predicted molar refractivity (Wildman–Crippen MR) is 126 cm³/mol. The van der Waals surface area contributed by atoms with Gasteiger partial charge in [0.05, 0.1) is 0 Å². The van der Waals surface area contributed by atoms with Crippen LogP contribution in [0.4, 0.5) is 5.69 Å². The number of nitrogens with one attached hydrogen (secondary N) is 1. The van der Waals surface area contributed by atoms with Crippen molar-refractivity contribution in [3.63, 3.8) is 0 Å². The average Bonchev–Trinajstić information content (AvgIpc) is 3.62. The second-order valence-electron chi connectivity index (χ2n) is 8.53. The Balaban J connectivity index is 1.41. The minimum absolute atomic E-state index is 0.106. The van der Waals surface area contributed by atoms with Crippen molar-refractivity contribution in [1.82, 2.24) is 4.90 Å². The minimum atomic E-state index is 0.106. The summed E-state index contributed by atoms with van der Waals surface area (Å²) in [6.45, 7) is 6.10. The normalized spacial score (nSPS) is 14.8. The topological polar surface area (TPSA) is 32.3 Å². The van der Waals surface area contributed by atoms with E-state index in [2.05, 4.69) is 78.7 Å². The zero-order chi connectivity index (χ0) is 20.9. The smallest absolute Gasteiger partial charge is 0.225 e. The average molecular weight is 401 g/mol. The Labute approximate surface area is 180 Å². The highest BCUT2D eigenvalue weighted by atomic mass is 16.1. The van der Waals surface area contributed by atoms with E-state index in [0.29, 0.717) is 18.4 Å². The molecule has 3 heteroatoms. The van der Waals surface area contributed by atoms with Crippen molar-refractivity contribution in [2.75, 3.05) is 11.9 Å². The molecular formula is C27H32N2O. The quantitative estimate of drug-likeness (QED) is 0.454. The van der Waals surface area contributed by atoms with Crippen LogP contribution in [0.15, 0.2) is 66.7 Å². The number of carbonyl (C=O) groups is 1. The Hall–Kier alpha value is -2.65. The minimum Gasteiger partial charge on any atom is -0.326 e. The number of amides is 1. The molecule has 1 fully saturated rings. The van der Waals surface area contributed by atoms with Gasteiger partial charge in [-0.1, -0.05) is 74.5 Å². The van der Waals surface area contributed by atoms with Gasteiger partial charge < -0.3 is 5.32 Å². The number of carbonyl (C=O) groups excluding carboxylic acids is 1. The molecule has 156 valence electrons. The van der Waals surface area contributed by atoms with E-state index >= 15 is 0 Å². The van der Waals surface area contributed by atoms with Crippen LogP contribution in [-0.2, 0) is 11.3 Å². The van der Waals surface area contributed by atoms with Crippen molar-refractivity contribution < 1.29 is 4.79 Å². The third-order valence-corrected chi connectivity index (χ3v) is 6.32. The molecule has 1 aliphatic rings. The number of fused-ring (bicyclic) bond motifs is 1. The van der Waals surface area contributed by atoms with Gasteiger partial charge in [-0.2, -0.15) is 0 Å². The summed E-state index contributed by atoms with van der Waals surface area (Å²) in [4.78, 5) is 15.2. The summed E-state index contributed by atoms with van der Waals surface area (Å²) in [6.07, 6.45) is 4.07. The summed E-state index contributed by atoms with van der Waals surface area (Å²) >= 11 is 0.